The lowest BCUT2D eigenvalue weighted by Gasteiger charge is -2.40. The lowest BCUT2D eigenvalue weighted by Crippen LogP contribution is -2.39. The van der Waals surface area contributed by atoms with E-state index in [4.69, 9.17) is 0 Å². The third kappa shape index (κ3) is 2.88. The van der Waals surface area contributed by atoms with Gasteiger partial charge in [-0.15, -0.1) is 11.8 Å². The average molecular weight is 297 g/mol. The van der Waals surface area contributed by atoms with Gasteiger partial charge in [-0.25, -0.2) is 0 Å². The fourth-order valence-electron chi connectivity index (χ4n) is 3.09. The van der Waals surface area contributed by atoms with Gasteiger partial charge in [0.05, 0.1) is 0 Å². The Morgan fingerprint density at radius 3 is 2.57 bits per heavy atom. The van der Waals surface area contributed by atoms with E-state index < -0.39 is 0 Å². The van der Waals surface area contributed by atoms with Gasteiger partial charge in [-0.1, -0.05) is 49.4 Å². The largest absolute Gasteiger partial charge is 0.309 e. The molecule has 0 spiro atoms. The number of hydrogen-bond acceptors (Lipinski definition) is 2. The molecule has 1 nitrogen and oxygen atoms in total. The van der Waals surface area contributed by atoms with E-state index in [9.17, 15) is 0 Å². The van der Waals surface area contributed by atoms with Crippen molar-refractivity contribution < 1.29 is 0 Å². The maximum atomic E-state index is 3.69. The van der Waals surface area contributed by atoms with Gasteiger partial charge in [-0.3, -0.25) is 0 Å². The maximum Gasteiger partial charge on any atom is 0.0467 e. The Labute approximate surface area is 132 Å². The molecule has 2 heteroatoms. The third-order valence-electron chi connectivity index (χ3n) is 4.27. The zero-order valence-electron chi connectivity index (χ0n) is 13.0. The second-order valence-corrected chi connectivity index (χ2v) is 7.79. The van der Waals surface area contributed by atoms with Crippen molar-refractivity contribution in [3.8, 4) is 11.1 Å². The van der Waals surface area contributed by atoms with Crippen LogP contribution in [0.1, 0.15) is 37.9 Å². The number of nitrogens with one attached hydrogen (secondary N) is 1. The zero-order valence-corrected chi connectivity index (χ0v) is 13.8. The Bertz CT molecular complexity index is 619. The summed E-state index contributed by atoms with van der Waals surface area (Å²) in [5.74, 6) is 1.11. The van der Waals surface area contributed by atoms with Gasteiger partial charge in [-0.2, -0.15) is 0 Å². The number of rotatable bonds is 3. The van der Waals surface area contributed by atoms with E-state index in [1.165, 1.54) is 22.3 Å². The van der Waals surface area contributed by atoms with Gasteiger partial charge < -0.3 is 5.32 Å². The molecule has 1 atom stereocenters. The molecule has 1 N–H and O–H groups in total. The second kappa shape index (κ2) is 5.86. The van der Waals surface area contributed by atoms with Crippen molar-refractivity contribution in [1.82, 2.24) is 5.32 Å². The molecule has 0 fully saturated rings. The monoisotopic (exact) mass is 297 g/mol. The van der Waals surface area contributed by atoms with Crippen LogP contribution in [0.2, 0.25) is 0 Å². The highest BCUT2D eigenvalue weighted by molar-refractivity contribution is 8.00. The minimum absolute atomic E-state index is 0.234. The van der Waals surface area contributed by atoms with Crippen molar-refractivity contribution in [3.05, 3.63) is 59.7 Å². The van der Waals surface area contributed by atoms with Crippen LogP contribution in [0.3, 0.4) is 0 Å². The Morgan fingerprint density at radius 2 is 1.86 bits per heavy atom. The van der Waals surface area contributed by atoms with E-state index in [0.717, 1.165) is 12.3 Å². The van der Waals surface area contributed by atoms with Crippen LogP contribution >= 0.6 is 11.8 Å². The highest BCUT2D eigenvalue weighted by atomic mass is 32.2. The summed E-state index contributed by atoms with van der Waals surface area (Å²) >= 11 is 2.05. The molecule has 0 amide bonds. The Hall–Kier alpha value is -1.25. The quantitative estimate of drug-likeness (QED) is 0.852. The summed E-state index contributed by atoms with van der Waals surface area (Å²) in [6.45, 7) is 7.89. The predicted octanol–water partition coefficient (Wildman–Crippen LogP) is 5.03. The van der Waals surface area contributed by atoms with Crippen molar-refractivity contribution in [2.75, 3.05) is 6.54 Å². The molecule has 2 aromatic rings. The molecule has 1 aliphatic rings. The molecule has 1 unspecified atom stereocenters. The van der Waals surface area contributed by atoms with Crippen molar-refractivity contribution >= 4 is 11.8 Å². The first-order valence-corrected chi connectivity index (χ1v) is 8.66. The molecule has 1 aliphatic heterocycles. The molecule has 0 saturated carbocycles. The van der Waals surface area contributed by atoms with Gasteiger partial charge in [0, 0.05) is 16.5 Å². The highest BCUT2D eigenvalue weighted by Crippen LogP contribution is 2.46. The summed E-state index contributed by atoms with van der Waals surface area (Å²) in [6.07, 6.45) is 0. The molecular weight excluding hydrogens is 274 g/mol. The van der Waals surface area contributed by atoms with E-state index >= 15 is 0 Å². The van der Waals surface area contributed by atoms with Gasteiger partial charge in [0.2, 0.25) is 0 Å². The highest BCUT2D eigenvalue weighted by Gasteiger charge is 2.36. The van der Waals surface area contributed by atoms with Crippen LogP contribution in [0.4, 0.5) is 0 Å². The minimum Gasteiger partial charge on any atom is -0.309 e. The smallest absolute Gasteiger partial charge is 0.0467 e. The molecule has 0 aliphatic carbocycles. The fourth-order valence-corrected chi connectivity index (χ4v) is 4.25. The van der Waals surface area contributed by atoms with E-state index in [2.05, 4.69) is 86.4 Å². The van der Waals surface area contributed by atoms with E-state index in [-0.39, 0.29) is 4.75 Å². The van der Waals surface area contributed by atoms with Crippen LogP contribution in [0, 0.1) is 0 Å². The maximum absolute atomic E-state index is 3.69. The van der Waals surface area contributed by atoms with E-state index in [1.54, 1.807) is 0 Å². The van der Waals surface area contributed by atoms with Crippen molar-refractivity contribution in [2.45, 2.75) is 37.3 Å². The lowest BCUT2D eigenvalue weighted by molar-refractivity contribution is 0.450. The van der Waals surface area contributed by atoms with Crippen molar-refractivity contribution in [3.63, 3.8) is 0 Å². The van der Waals surface area contributed by atoms with Crippen LogP contribution in [0.25, 0.3) is 11.1 Å². The van der Waals surface area contributed by atoms with Gasteiger partial charge in [0.1, 0.15) is 0 Å². The second-order valence-electron chi connectivity index (χ2n) is 6.16. The molecule has 0 saturated heterocycles. The molecule has 0 aromatic heterocycles. The summed E-state index contributed by atoms with van der Waals surface area (Å²) in [5, 5.41) is 3.69. The van der Waals surface area contributed by atoms with Crippen LogP contribution in [0.5, 0.6) is 0 Å². The number of hydrogen-bond donors (Lipinski definition) is 1. The van der Waals surface area contributed by atoms with Gasteiger partial charge in [-0.05, 0) is 48.7 Å². The standard InChI is InChI=1S/C19H23NS/c1-4-20-18-17-12-15(14-8-6-5-7-9-14)10-11-16(17)13-21-19(18,2)3/h5-12,18,20H,4,13H2,1-3H3. The predicted molar refractivity (Wildman–Crippen MR) is 93.7 cm³/mol. The summed E-state index contributed by atoms with van der Waals surface area (Å²) in [4.78, 5) is 0. The molecular formula is C19H23NS. The zero-order chi connectivity index (χ0) is 14.9. The van der Waals surface area contributed by atoms with E-state index in [1.807, 2.05) is 0 Å². The average Bonchev–Trinajstić information content (AvgIpc) is 2.51. The lowest BCUT2D eigenvalue weighted by atomic mass is 9.88. The number of benzene rings is 2. The molecule has 1 heterocycles. The first-order chi connectivity index (χ1) is 10.1. The van der Waals surface area contributed by atoms with Crippen molar-refractivity contribution in [1.29, 1.82) is 0 Å². The summed E-state index contributed by atoms with van der Waals surface area (Å²) in [6, 6.07) is 18.0. The first-order valence-electron chi connectivity index (χ1n) is 7.67. The Morgan fingerprint density at radius 1 is 1.10 bits per heavy atom. The molecule has 21 heavy (non-hydrogen) atoms. The van der Waals surface area contributed by atoms with Crippen LogP contribution in [-0.2, 0) is 5.75 Å². The first kappa shape index (κ1) is 14.7. The van der Waals surface area contributed by atoms with Gasteiger partial charge in [0.15, 0.2) is 0 Å². The topological polar surface area (TPSA) is 12.0 Å². The molecule has 0 bridgehead atoms. The number of fused-ring (bicyclic) bond motifs is 1. The molecule has 3 rings (SSSR count). The SMILES string of the molecule is CCNC1c2cc(-c3ccccc3)ccc2CSC1(C)C. The van der Waals surface area contributed by atoms with Crippen molar-refractivity contribution in [2.24, 2.45) is 0 Å². The fraction of sp³-hybridized carbons (Fsp3) is 0.368. The summed E-state index contributed by atoms with van der Waals surface area (Å²) < 4.78 is 0.234. The normalized spacial score (nSPS) is 20.0. The van der Waals surface area contributed by atoms with E-state index in [0.29, 0.717) is 6.04 Å². The molecule has 110 valence electrons. The minimum atomic E-state index is 0.234. The summed E-state index contributed by atoms with van der Waals surface area (Å²) in [7, 11) is 0. The van der Waals surface area contributed by atoms with Gasteiger partial charge in [0.25, 0.3) is 0 Å². The van der Waals surface area contributed by atoms with Crippen LogP contribution in [-0.4, -0.2) is 11.3 Å². The molecule has 2 aromatic carbocycles. The van der Waals surface area contributed by atoms with Crippen LogP contribution in [0.15, 0.2) is 48.5 Å². The Balaban J connectivity index is 2.06. The molecule has 0 radical (unpaired) electrons. The number of thioether (sulfide) groups is 1. The Kier molecular flexibility index (Phi) is 4.10. The summed E-state index contributed by atoms with van der Waals surface area (Å²) in [5.41, 5.74) is 5.57. The third-order valence-corrected chi connectivity index (χ3v) is 5.70. The van der Waals surface area contributed by atoms with Gasteiger partial charge >= 0.3 is 0 Å². The van der Waals surface area contributed by atoms with Crippen LogP contribution < -0.4 is 5.32 Å².